The molecule has 4 nitrogen and oxygen atoms in total. The van der Waals surface area contributed by atoms with Crippen molar-refractivity contribution in [2.45, 2.75) is 72.4 Å². The molecule has 1 aliphatic heterocycles. The van der Waals surface area contributed by atoms with Crippen molar-refractivity contribution in [2.24, 2.45) is 0 Å². The molecule has 0 saturated heterocycles. The summed E-state index contributed by atoms with van der Waals surface area (Å²) in [4.78, 5) is 14.0. The van der Waals surface area contributed by atoms with Gasteiger partial charge in [0.25, 0.3) is 0 Å². The van der Waals surface area contributed by atoms with Crippen LogP contribution < -0.4 is 4.74 Å². The normalized spacial score (nSPS) is 16.1. The highest BCUT2D eigenvalue weighted by atomic mass is 16.5. The molecule has 1 unspecified atom stereocenters. The minimum atomic E-state index is 0.0216. The smallest absolute Gasteiger partial charge is 0.159 e. The molecule has 1 atom stereocenters. The zero-order chi connectivity index (χ0) is 26.8. The molecule has 1 aliphatic carbocycles. The number of hydrogen-bond donors (Lipinski definition) is 0. The molecule has 196 valence electrons. The summed E-state index contributed by atoms with van der Waals surface area (Å²) in [6.07, 6.45) is 21.4. The Labute approximate surface area is 223 Å². The van der Waals surface area contributed by atoms with E-state index < -0.39 is 0 Å². The summed E-state index contributed by atoms with van der Waals surface area (Å²) < 4.78 is 7.39. The first-order valence-electron chi connectivity index (χ1n) is 13.4. The number of unbranched alkanes of at least 4 members (excludes halogenated alkanes) is 4. The molecule has 0 spiro atoms. The highest BCUT2D eigenvalue weighted by Gasteiger charge is 2.28. The summed E-state index contributed by atoms with van der Waals surface area (Å²) in [5.74, 6) is 0.900. The Morgan fingerprint density at radius 2 is 1.78 bits per heavy atom. The average molecular weight is 499 g/mol. The van der Waals surface area contributed by atoms with Crippen LogP contribution in [0.1, 0.15) is 69.7 Å². The van der Waals surface area contributed by atoms with E-state index in [1.807, 2.05) is 30.5 Å². The van der Waals surface area contributed by atoms with E-state index in [4.69, 9.17) is 4.74 Å². The third kappa shape index (κ3) is 7.25. The number of allylic oxidation sites excluding steroid dienone is 4. The number of aromatic nitrogens is 1. The second kappa shape index (κ2) is 13.7. The quantitative estimate of drug-likeness (QED) is 0.178. The van der Waals surface area contributed by atoms with Crippen LogP contribution in [0, 0.1) is 6.92 Å². The topological polar surface area (TPSA) is 34.5 Å². The first-order valence-corrected chi connectivity index (χ1v) is 13.4. The van der Waals surface area contributed by atoms with Crippen LogP contribution in [-0.4, -0.2) is 28.4 Å². The zero-order valence-electron chi connectivity index (χ0n) is 23.2. The Balaban J connectivity index is 0.000000479. The lowest BCUT2D eigenvalue weighted by atomic mass is 9.93. The number of ether oxygens (including phenoxy) is 1. The number of carbonyl (C=O) groups is 1. The predicted molar refractivity (Wildman–Crippen MR) is 156 cm³/mol. The van der Waals surface area contributed by atoms with E-state index in [1.165, 1.54) is 43.2 Å². The van der Waals surface area contributed by atoms with Crippen LogP contribution in [0.4, 0.5) is 0 Å². The third-order valence-corrected chi connectivity index (χ3v) is 6.91. The van der Waals surface area contributed by atoms with Gasteiger partial charge in [0, 0.05) is 35.9 Å². The zero-order valence-corrected chi connectivity index (χ0v) is 23.2. The lowest BCUT2D eigenvalue weighted by Gasteiger charge is -2.40. The van der Waals surface area contributed by atoms with E-state index in [0.717, 1.165) is 29.2 Å². The van der Waals surface area contributed by atoms with Crippen LogP contribution in [-0.2, 0) is 11.3 Å². The largest absolute Gasteiger partial charge is 0.497 e. The average Bonchev–Trinajstić information content (AvgIpc) is 3.26. The lowest BCUT2D eigenvalue weighted by Crippen LogP contribution is -2.39. The van der Waals surface area contributed by atoms with Crippen molar-refractivity contribution in [1.29, 1.82) is 0 Å². The molecule has 0 N–H and O–H groups in total. The molecule has 0 radical (unpaired) electrons. The van der Waals surface area contributed by atoms with Gasteiger partial charge in [0.15, 0.2) is 5.78 Å². The molecule has 1 aromatic carbocycles. The second-order valence-electron chi connectivity index (χ2n) is 9.67. The molecule has 0 fully saturated rings. The fraction of sp³-hybridized carbons (Fsp3) is 0.364. The molecule has 4 rings (SSSR count). The van der Waals surface area contributed by atoms with Gasteiger partial charge in [-0.25, -0.2) is 0 Å². The standard InChI is InChI=1S/C26H26N2O2.C7H16/c1-5-21(19(3)29)14-22-12-13-28(18(22)2)24-8-11-26-23(15-24)17-27(26)16-20-6-9-25(30-4)10-7-20;1-3-5-7-6-4-2/h5-15,17,26H,1,16H2,2-4H3;3-7H2,1-2H3/b21-14+;. The van der Waals surface area contributed by atoms with Gasteiger partial charge in [-0.2, -0.15) is 0 Å². The number of fused-ring (bicyclic) bond motifs is 1. The maximum atomic E-state index is 11.7. The fourth-order valence-electron chi connectivity index (χ4n) is 4.55. The Hall–Kier alpha value is -3.53. The molecule has 37 heavy (non-hydrogen) atoms. The van der Waals surface area contributed by atoms with Gasteiger partial charge in [0.05, 0.1) is 13.2 Å². The second-order valence-corrected chi connectivity index (χ2v) is 9.67. The van der Waals surface area contributed by atoms with Gasteiger partial charge in [-0.05, 0) is 67.0 Å². The lowest BCUT2D eigenvalue weighted by molar-refractivity contribution is -0.113. The number of rotatable bonds is 11. The number of ketones is 1. The Morgan fingerprint density at radius 3 is 2.35 bits per heavy atom. The van der Waals surface area contributed by atoms with Gasteiger partial charge in [-0.3, -0.25) is 4.79 Å². The Kier molecular flexibility index (Phi) is 10.4. The van der Waals surface area contributed by atoms with E-state index >= 15 is 0 Å². The van der Waals surface area contributed by atoms with E-state index in [9.17, 15) is 4.79 Å². The minimum Gasteiger partial charge on any atom is -0.497 e. The highest BCUT2D eigenvalue weighted by Crippen LogP contribution is 2.34. The van der Waals surface area contributed by atoms with E-state index in [0.29, 0.717) is 11.6 Å². The molecule has 0 saturated carbocycles. The van der Waals surface area contributed by atoms with Crippen LogP contribution in [0.25, 0.3) is 11.8 Å². The first kappa shape index (κ1) is 28.0. The molecular formula is C33H42N2O2. The van der Waals surface area contributed by atoms with Crippen molar-refractivity contribution in [3.05, 3.63) is 102 Å². The third-order valence-electron chi connectivity index (χ3n) is 6.91. The van der Waals surface area contributed by atoms with Crippen molar-refractivity contribution in [3.63, 3.8) is 0 Å². The minimum absolute atomic E-state index is 0.0216. The van der Waals surface area contributed by atoms with Crippen molar-refractivity contribution in [1.82, 2.24) is 9.47 Å². The van der Waals surface area contributed by atoms with Crippen LogP contribution in [0.5, 0.6) is 5.75 Å². The maximum absolute atomic E-state index is 11.7. The van der Waals surface area contributed by atoms with Crippen LogP contribution in [0.2, 0.25) is 0 Å². The number of carbonyl (C=O) groups excluding carboxylic acids is 1. The van der Waals surface area contributed by atoms with E-state index in [2.05, 4.69) is 73.4 Å². The van der Waals surface area contributed by atoms with Crippen LogP contribution in [0.15, 0.2) is 84.8 Å². The number of nitrogens with zero attached hydrogens (tertiary/aromatic N) is 2. The monoisotopic (exact) mass is 498 g/mol. The van der Waals surface area contributed by atoms with Gasteiger partial charge in [0.1, 0.15) is 5.75 Å². The van der Waals surface area contributed by atoms with Gasteiger partial charge in [-0.15, -0.1) is 0 Å². The van der Waals surface area contributed by atoms with Gasteiger partial charge in [-0.1, -0.05) is 76.8 Å². The molecule has 0 amide bonds. The number of hydrogen-bond acceptors (Lipinski definition) is 3. The highest BCUT2D eigenvalue weighted by molar-refractivity contribution is 6.00. The summed E-state index contributed by atoms with van der Waals surface area (Å²) in [5, 5.41) is 0. The Bertz CT molecular complexity index is 1190. The summed E-state index contributed by atoms with van der Waals surface area (Å²) in [6, 6.07) is 10.6. The van der Waals surface area contributed by atoms with Gasteiger partial charge < -0.3 is 14.2 Å². The SMILES string of the molecule is C=C/C(=C\c1ccn(C2=CC3=CN(Cc4ccc(OC)cc4)C3C=C2)c1C)C(C)=O.CCCCCCC. The number of Topliss-reactive ketones (excluding diaryl/α,β-unsaturated/α-hetero) is 1. The van der Waals surface area contributed by atoms with E-state index in [1.54, 1.807) is 20.1 Å². The summed E-state index contributed by atoms with van der Waals surface area (Å²) in [5.41, 5.74) is 6.44. The van der Waals surface area contributed by atoms with Crippen molar-refractivity contribution in [2.75, 3.05) is 7.11 Å². The van der Waals surface area contributed by atoms with Crippen molar-refractivity contribution < 1.29 is 9.53 Å². The molecule has 4 heteroatoms. The molecule has 1 aromatic heterocycles. The molecular weight excluding hydrogens is 456 g/mol. The van der Waals surface area contributed by atoms with Crippen molar-refractivity contribution in [3.8, 4) is 5.75 Å². The summed E-state index contributed by atoms with van der Waals surface area (Å²) in [7, 11) is 1.68. The van der Waals surface area contributed by atoms with Gasteiger partial charge in [0.2, 0.25) is 0 Å². The summed E-state index contributed by atoms with van der Waals surface area (Å²) in [6.45, 7) is 12.7. The molecule has 2 heterocycles. The first-order chi connectivity index (χ1) is 17.9. The fourth-order valence-corrected chi connectivity index (χ4v) is 4.55. The molecule has 2 aliphatic rings. The predicted octanol–water partition coefficient (Wildman–Crippen LogP) is 8.12. The molecule has 2 aromatic rings. The number of methoxy groups -OCH3 is 1. The Morgan fingerprint density at radius 1 is 1.08 bits per heavy atom. The van der Waals surface area contributed by atoms with Crippen LogP contribution >= 0.6 is 0 Å². The van der Waals surface area contributed by atoms with Crippen molar-refractivity contribution >= 4 is 17.6 Å². The maximum Gasteiger partial charge on any atom is 0.159 e. The van der Waals surface area contributed by atoms with Gasteiger partial charge >= 0.3 is 0 Å². The van der Waals surface area contributed by atoms with Crippen LogP contribution in [0.3, 0.4) is 0 Å². The molecule has 0 bridgehead atoms. The van der Waals surface area contributed by atoms with E-state index in [-0.39, 0.29) is 5.78 Å². The number of benzene rings is 1. The summed E-state index contributed by atoms with van der Waals surface area (Å²) >= 11 is 0.